The maximum atomic E-state index is 5.60. The predicted molar refractivity (Wildman–Crippen MR) is 90.3 cm³/mol. The van der Waals surface area contributed by atoms with Crippen molar-refractivity contribution in [2.45, 2.75) is 6.92 Å². The number of rotatable bonds is 2. The van der Waals surface area contributed by atoms with E-state index in [0.717, 1.165) is 17.0 Å². The van der Waals surface area contributed by atoms with Gasteiger partial charge in [0.25, 0.3) is 0 Å². The number of hydrogen-bond donors (Lipinski definition) is 1. The van der Waals surface area contributed by atoms with Crippen molar-refractivity contribution in [3.63, 3.8) is 0 Å². The van der Waals surface area contributed by atoms with E-state index in [1.165, 1.54) is 10.9 Å². The van der Waals surface area contributed by atoms with Crippen LogP contribution in [0.1, 0.15) is 5.56 Å². The van der Waals surface area contributed by atoms with Crippen molar-refractivity contribution in [3.05, 3.63) is 71.3 Å². The molecule has 5 heteroatoms. The van der Waals surface area contributed by atoms with E-state index in [4.69, 9.17) is 12.2 Å². The number of hydrogen-bond acceptors (Lipinski definition) is 2. The highest BCUT2D eigenvalue weighted by Crippen LogP contribution is 2.24. The number of aromatic amines is 1. The summed E-state index contributed by atoms with van der Waals surface area (Å²) in [6, 6.07) is 18.2. The van der Waals surface area contributed by atoms with E-state index in [0.29, 0.717) is 4.77 Å². The number of para-hydroxylation sites is 2. The minimum absolute atomic E-state index is 0.640. The highest BCUT2D eigenvalue weighted by Gasteiger charge is 2.12. The van der Waals surface area contributed by atoms with Gasteiger partial charge in [0, 0.05) is 10.9 Å². The molecule has 108 valence electrons. The van der Waals surface area contributed by atoms with E-state index in [1.54, 1.807) is 11.0 Å². The zero-order valence-electron chi connectivity index (χ0n) is 12.0. The fourth-order valence-electron chi connectivity index (χ4n) is 2.71. The van der Waals surface area contributed by atoms with E-state index < -0.39 is 0 Å². The lowest BCUT2D eigenvalue weighted by molar-refractivity contribution is 0.856. The van der Waals surface area contributed by atoms with Crippen molar-refractivity contribution < 1.29 is 0 Å². The molecule has 22 heavy (non-hydrogen) atoms. The summed E-state index contributed by atoms with van der Waals surface area (Å²) >= 11 is 5.60. The van der Waals surface area contributed by atoms with Gasteiger partial charge in [-0.25, -0.2) is 4.68 Å². The fourth-order valence-corrected chi connectivity index (χ4v) is 3.00. The van der Waals surface area contributed by atoms with Crippen LogP contribution < -0.4 is 0 Å². The first-order chi connectivity index (χ1) is 10.8. The molecule has 0 spiro atoms. The molecular weight excluding hydrogens is 292 g/mol. The molecule has 2 heterocycles. The number of aromatic nitrogens is 4. The Morgan fingerprint density at radius 2 is 1.73 bits per heavy atom. The van der Waals surface area contributed by atoms with Gasteiger partial charge in [0.2, 0.25) is 4.77 Å². The highest BCUT2D eigenvalue weighted by atomic mass is 32.1. The molecule has 0 amide bonds. The maximum Gasteiger partial charge on any atom is 0.208 e. The summed E-state index contributed by atoms with van der Waals surface area (Å²) in [6.45, 7) is 2.09. The predicted octanol–water partition coefficient (Wildman–Crippen LogP) is 4.18. The van der Waals surface area contributed by atoms with Crippen molar-refractivity contribution in [3.8, 4) is 11.5 Å². The van der Waals surface area contributed by atoms with Crippen LogP contribution in [0.25, 0.3) is 22.4 Å². The molecule has 0 radical (unpaired) electrons. The number of benzene rings is 2. The van der Waals surface area contributed by atoms with E-state index >= 15 is 0 Å². The van der Waals surface area contributed by atoms with Crippen molar-refractivity contribution in [2.24, 2.45) is 0 Å². The minimum Gasteiger partial charge on any atom is -0.341 e. The topological polar surface area (TPSA) is 38.5 Å². The average Bonchev–Trinajstić information content (AvgIpc) is 3.09. The monoisotopic (exact) mass is 306 g/mol. The summed E-state index contributed by atoms with van der Waals surface area (Å²) in [5.41, 5.74) is 3.23. The molecule has 0 aliphatic rings. The zero-order valence-corrected chi connectivity index (χ0v) is 12.8. The third-order valence-corrected chi connectivity index (χ3v) is 4.22. The largest absolute Gasteiger partial charge is 0.341 e. The lowest BCUT2D eigenvalue weighted by Gasteiger charge is -2.02. The second-order valence-electron chi connectivity index (χ2n) is 5.18. The van der Waals surface area contributed by atoms with Gasteiger partial charge in [0.05, 0.1) is 5.69 Å². The first-order valence-corrected chi connectivity index (χ1v) is 7.46. The smallest absolute Gasteiger partial charge is 0.208 e. The van der Waals surface area contributed by atoms with Crippen LogP contribution in [0.3, 0.4) is 0 Å². The fraction of sp³-hybridized carbons (Fsp3) is 0.0588. The van der Waals surface area contributed by atoms with Crippen LogP contribution in [-0.2, 0) is 0 Å². The number of fused-ring (bicyclic) bond motifs is 1. The molecule has 0 atom stereocenters. The summed E-state index contributed by atoms with van der Waals surface area (Å²) in [4.78, 5) is 3.43. The van der Waals surface area contributed by atoms with Crippen LogP contribution >= 0.6 is 12.2 Å². The summed E-state index contributed by atoms with van der Waals surface area (Å²) < 4.78 is 4.32. The Balaban J connectivity index is 1.92. The molecule has 0 aliphatic carbocycles. The summed E-state index contributed by atoms with van der Waals surface area (Å²) in [5, 5.41) is 5.63. The Kier molecular flexibility index (Phi) is 2.94. The van der Waals surface area contributed by atoms with Gasteiger partial charge >= 0.3 is 0 Å². The first kappa shape index (κ1) is 13.0. The van der Waals surface area contributed by atoms with Crippen LogP contribution in [0.5, 0.6) is 0 Å². The molecule has 4 aromatic rings. The van der Waals surface area contributed by atoms with Crippen LogP contribution in [0, 0.1) is 11.7 Å². The van der Waals surface area contributed by atoms with Crippen molar-refractivity contribution >= 4 is 23.1 Å². The molecule has 0 saturated carbocycles. The van der Waals surface area contributed by atoms with Gasteiger partial charge in [-0.1, -0.05) is 36.4 Å². The summed E-state index contributed by atoms with van der Waals surface area (Å²) in [5.74, 6) is 0.966. The van der Waals surface area contributed by atoms with Crippen LogP contribution in [0.15, 0.2) is 60.9 Å². The Labute approximate surface area is 132 Å². The van der Waals surface area contributed by atoms with Crippen LogP contribution in [-0.4, -0.2) is 19.3 Å². The third-order valence-electron chi connectivity index (χ3n) is 3.85. The van der Waals surface area contributed by atoms with Gasteiger partial charge in [0.15, 0.2) is 0 Å². The second-order valence-corrected chi connectivity index (χ2v) is 5.54. The standard InChI is InChI=1S/C17H14N4S/c1-12-14-9-5-6-10-15(14)19-16(12)20-11-18-21(17(20)22)13-7-3-2-4-8-13/h2-11,19H,1H3. The van der Waals surface area contributed by atoms with Gasteiger partial charge in [-0.3, -0.25) is 4.57 Å². The molecule has 0 unspecified atom stereocenters. The van der Waals surface area contributed by atoms with E-state index in [2.05, 4.69) is 29.1 Å². The van der Waals surface area contributed by atoms with Crippen molar-refractivity contribution in [1.29, 1.82) is 0 Å². The van der Waals surface area contributed by atoms with Crippen LogP contribution in [0.4, 0.5) is 0 Å². The molecule has 1 N–H and O–H groups in total. The minimum atomic E-state index is 0.640. The molecule has 2 aromatic carbocycles. The summed E-state index contributed by atoms with van der Waals surface area (Å²) in [7, 11) is 0. The maximum absolute atomic E-state index is 5.60. The molecular formula is C17H14N4S. The molecule has 0 bridgehead atoms. The van der Waals surface area contributed by atoms with Gasteiger partial charge in [-0.15, -0.1) is 0 Å². The zero-order chi connectivity index (χ0) is 15.1. The Morgan fingerprint density at radius 1 is 1.00 bits per heavy atom. The molecule has 2 aromatic heterocycles. The van der Waals surface area contributed by atoms with E-state index in [9.17, 15) is 0 Å². The normalized spacial score (nSPS) is 11.1. The highest BCUT2D eigenvalue weighted by molar-refractivity contribution is 7.71. The van der Waals surface area contributed by atoms with Gasteiger partial charge in [0.1, 0.15) is 12.1 Å². The van der Waals surface area contributed by atoms with Gasteiger partial charge in [-0.05, 0) is 42.9 Å². The Bertz CT molecular complexity index is 1010. The van der Waals surface area contributed by atoms with Crippen LogP contribution in [0.2, 0.25) is 0 Å². The Morgan fingerprint density at radius 3 is 2.50 bits per heavy atom. The lowest BCUT2D eigenvalue weighted by Crippen LogP contribution is -1.99. The lowest BCUT2D eigenvalue weighted by atomic mass is 10.2. The molecule has 4 nitrogen and oxygen atoms in total. The molecule has 0 aliphatic heterocycles. The quantitative estimate of drug-likeness (QED) is 0.564. The first-order valence-electron chi connectivity index (χ1n) is 7.05. The van der Waals surface area contributed by atoms with Gasteiger partial charge < -0.3 is 4.98 Å². The third kappa shape index (κ3) is 1.90. The van der Waals surface area contributed by atoms with E-state index in [-0.39, 0.29) is 0 Å². The Hall–Kier alpha value is -2.66. The molecule has 4 rings (SSSR count). The number of nitrogens with zero attached hydrogens (tertiary/aromatic N) is 3. The SMILES string of the molecule is Cc1c(-n2cnn(-c3ccccc3)c2=S)[nH]c2ccccc12. The number of H-pyrrole nitrogens is 1. The number of aryl methyl sites for hydroxylation is 1. The number of nitrogens with one attached hydrogen (secondary N) is 1. The van der Waals surface area contributed by atoms with E-state index in [1.807, 2.05) is 47.0 Å². The summed E-state index contributed by atoms with van der Waals surface area (Å²) in [6.07, 6.45) is 1.76. The molecule has 0 saturated heterocycles. The average molecular weight is 306 g/mol. The second kappa shape index (κ2) is 4.96. The van der Waals surface area contributed by atoms with Crippen molar-refractivity contribution in [2.75, 3.05) is 0 Å². The van der Waals surface area contributed by atoms with Gasteiger partial charge in [-0.2, -0.15) is 5.10 Å². The van der Waals surface area contributed by atoms with Crippen molar-refractivity contribution in [1.82, 2.24) is 19.3 Å². The molecule has 0 fully saturated rings.